The molecule has 0 aliphatic rings. The topological polar surface area (TPSA) is 42.4 Å². The Morgan fingerprint density at radius 2 is 2.19 bits per heavy atom. The molecule has 0 aliphatic carbocycles. The van der Waals surface area contributed by atoms with E-state index in [2.05, 4.69) is 20.9 Å². The van der Waals surface area contributed by atoms with E-state index in [1.54, 1.807) is 24.4 Å². The van der Waals surface area contributed by atoms with E-state index >= 15 is 0 Å². The van der Waals surface area contributed by atoms with Crippen molar-refractivity contribution in [3.05, 3.63) is 52.8 Å². The summed E-state index contributed by atoms with van der Waals surface area (Å²) < 4.78 is 6.24. The Bertz CT molecular complexity index is 617. The van der Waals surface area contributed by atoms with Gasteiger partial charge < -0.3 is 9.64 Å². The zero-order valence-electron chi connectivity index (χ0n) is 12.0. The first kappa shape index (κ1) is 15.5. The number of benzene rings is 1. The summed E-state index contributed by atoms with van der Waals surface area (Å²) in [6, 6.07) is 9.36. The average molecular weight is 349 g/mol. The highest BCUT2D eigenvalue weighted by molar-refractivity contribution is 9.10. The predicted octanol–water partition coefficient (Wildman–Crippen LogP) is 3.45. The normalized spacial score (nSPS) is 10.2. The van der Waals surface area contributed by atoms with Gasteiger partial charge in [-0.1, -0.05) is 15.9 Å². The van der Waals surface area contributed by atoms with Crippen LogP contribution in [-0.4, -0.2) is 24.5 Å². The number of anilines is 1. The lowest BCUT2D eigenvalue weighted by atomic mass is 10.1. The number of carbonyl (C=O) groups is 1. The molecule has 110 valence electrons. The monoisotopic (exact) mass is 348 g/mol. The van der Waals surface area contributed by atoms with Crippen LogP contribution in [0.15, 0.2) is 47.2 Å². The predicted molar refractivity (Wildman–Crippen MR) is 86.7 cm³/mol. The Hall–Kier alpha value is -1.88. The number of nitrogens with zero attached hydrogens (tertiary/aromatic N) is 2. The largest absolute Gasteiger partial charge is 0.496 e. The van der Waals surface area contributed by atoms with Crippen molar-refractivity contribution in [2.75, 3.05) is 18.6 Å². The van der Waals surface area contributed by atoms with Gasteiger partial charge in [-0.05, 0) is 37.3 Å². The lowest BCUT2D eigenvalue weighted by molar-refractivity contribution is -0.118. The van der Waals surface area contributed by atoms with Crippen molar-refractivity contribution in [3.8, 4) is 5.75 Å². The number of halogens is 1. The highest BCUT2D eigenvalue weighted by Gasteiger charge is 2.16. The zero-order valence-corrected chi connectivity index (χ0v) is 13.6. The van der Waals surface area contributed by atoms with Crippen molar-refractivity contribution in [2.24, 2.45) is 0 Å². The molecule has 0 saturated carbocycles. The summed E-state index contributed by atoms with van der Waals surface area (Å²) >= 11 is 3.42. The maximum Gasteiger partial charge on any atom is 0.231 e. The van der Waals surface area contributed by atoms with Crippen molar-refractivity contribution in [1.82, 2.24) is 4.98 Å². The van der Waals surface area contributed by atoms with Gasteiger partial charge in [-0.2, -0.15) is 0 Å². The van der Waals surface area contributed by atoms with Gasteiger partial charge in [-0.25, -0.2) is 0 Å². The second-order valence-electron chi connectivity index (χ2n) is 4.48. The Kier molecular flexibility index (Phi) is 5.33. The van der Waals surface area contributed by atoms with Crippen molar-refractivity contribution >= 4 is 27.5 Å². The number of aromatic nitrogens is 1. The molecule has 0 spiro atoms. The molecule has 2 rings (SSSR count). The molecule has 0 radical (unpaired) electrons. The van der Waals surface area contributed by atoms with E-state index < -0.39 is 0 Å². The van der Waals surface area contributed by atoms with Crippen LogP contribution in [0, 0.1) is 0 Å². The zero-order chi connectivity index (χ0) is 15.2. The van der Waals surface area contributed by atoms with E-state index in [1.165, 1.54) is 0 Å². The molecule has 0 saturated heterocycles. The number of hydrogen-bond acceptors (Lipinski definition) is 3. The molecule has 4 nitrogen and oxygen atoms in total. The summed E-state index contributed by atoms with van der Waals surface area (Å²) in [4.78, 5) is 18.3. The number of rotatable bonds is 5. The fourth-order valence-corrected chi connectivity index (χ4v) is 2.57. The summed E-state index contributed by atoms with van der Waals surface area (Å²) in [6.07, 6.45) is 3.67. The molecule has 0 atom stereocenters. The average Bonchev–Trinajstić information content (AvgIpc) is 2.49. The molecule has 1 aromatic heterocycles. The molecule has 0 unspecified atom stereocenters. The molecule has 0 N–H and O–H groups in total. The van der Waals surface area contributed by atoms with Crippen LogP contribution in [0.5, 0.6) is 5.75 Å². The third-order valence-electron chi connectivity index (χ3n) is 3.16. The molecule has 2 aromatic rings. The van der Waals surface area contributed by atoms with Gasteiger partial charge in [0.25, 0.3) is 0 Å². The number of likely N-dealkylation sites (N-methyl/N-ethyl adjacent to an activating group) is 1. The van der Waals surface area contributed by atoms with Gasteiger partial charge in [-0.3, -0.25) is 9.78 Å². The Balaban J connectivity index is 2.22. The highest BCUT2D eigenvalue weighted by atomic mass is 79.9. The van der Waals surface area contributed by atoms with Crippen molar-refractivity contribution in [1.29, 1.82) is 0 Å². The van der Waals surface area contributed by atoms with Gasteiger partial charge in [0.2, 0.25) is 5.91 Å². The van der Waals surface area contributed by atoms with E-state index in [1.807, 2.05) is 37.3 Å². The Morgan fingerprint density at radius 3 is 2.81 bits per heavy atom. The fourth-order valence-electron chi connectivity index (χ4n) is 2.16. The third-order valence-corrected chi connectivity index (χ3v) is 3.65. The van der Waals surface area contributed by atoms with Crippen LogP contribution in [0.4, 0.5) is 5.69 Å². The quantitative estimate of drug-likeness (QED) is 0.830. The molecule has 5 heteroatoms. The van der Waals surface area contributed by atoms with E-state index in [-0.39, 0.29) is 12.3 Å². The molecule has 1 amide bonds. The second kappa shape index (κ2) is 7.22. The number of ether oxygens (including phenoxy) is 1. The molecule has 0 bridgehead atoms. The van der Waals surface area contributed by atoms with Crippen LogP contribution in [0.1, 0.15) is 12.5 Å². The minimum absolute atomic E-state index is 0.0156. The van der Waals surface area contributed by atoms with Gasteiger partial charge in [0.15, 0.2) is 0 Å². The Morgan fingerprint density at radius 1 is 1.38 bits per heavy atom. The molecular formula is C16H17BrN2O2. The molecule has 1 aromatic carbocycles. The SMILES string of the molecule is CCN(C(=O)Cc1cc(Br)ccc1OC)c1cccnc1. The number of amides is 1. The molecule has 1 heterocycles. The summed E-state index contributed by atoms with van der Waals surface area (Å²) in [5.41, 5.74) is 1.66. The van der Waals surface area contributed by atoms with Gasteiger partial charge in [0, 0.05) is 22.8 Å². The van der Waals surface area contributed by atoms with E-state index in [9.17, 15) is 4.79 Å². The van der Waals surface area contributed by atoms with Gasteiger partial charge in [0.1, 0.15) is 5.75 Å². The first-order valence-electron chi connectivity index (χ1n) is 6.68. The number of carbonyl (C=O) groups excluding carboxylic acids is 1. The van der Waals surface area contributed by atoms with Crippen molar-refractivity contribution in [3.63, 3.8) is 0 Å². The summed E-state index contributed by atoms with van der Waals surface area (Å²) in [6.45, 7) is 2.55. The number of hydrogen-bond donors (Lipinski definition) is 0. The van der Waals surface area contributed by atoms with E-state index in [4.69, 9.17) is 4.74 Å². The molecule has 0 fully saturated rings. The molecule has 0 aliphatic heterocycles. The van der Waals surface area contributed by atoms with Crippen LogP contribution >= 0.6 is 15.9 Å². The summed E-state index contributed by atoms with van der Waals surface area (Å²) in [5, 5.41) is 0. The summed E-state index contributed by atoms with van der Waals surface area (Å²) in [5.74, 6) is 0.732. The number of pyridine rings is 1. The molecular weight excluding hydrogens is 332 g/mol. The second-order valence-corrected chi connectivity index (χ2v) is 5.40. The highest BCUT2D eigenvalue weighted by Crippen LogP contribution is 2.24. The van der Waals surface area contributed by atoms with Crippen LogP contribution in [0.2, 0.25) is 0 Å². The minimum Gasteiger partial charge on any atom is -0.496 e. The number of methoxy groups -OCH3 is 1. The van der Waals surface area contributed by atoms with E-state index in [0.717, 1.165) is 15.7 Å². The lowest BCUT2D eigenvalue weighted by Gasteiger charge is -2.21. The minimum atomic E-state index is 0.0156. The standard InChI is InChI=1S/C16H17BrN2O2/c1-3-19(14-5-4-8-18-11-14)16(20)10-12-9-13(17)6-7-15(12)21-2/h4-9,11H,3,10H2,1-2H3. The van der Waals surface area contributed by atoms with Gasteiger partial charge in [0.05, 0.1) is 25.4 Å². The van der Waals surface area contributed by atoms with Crippen LogP contribution in [-0.2, 0) is 11.2 Å². The van der Waals surface area contributed by atoms with Crippen LogP contribution < -0.4 is 9.64 Å². The van der Waals surface area contributed by atoms with Crippen LogP contribution in [0.3, 0.4) is 0 Å². The lowest BCUT2D eigenvalue weighted by Crippen LogP contribution is -2.32. The fraction of sp³-hybridized carbons (Fsp3) is 0.250. The first-order chi connectivity index (χ1) is 10.2. The third kappa shape index (κ3) is 3.82. The van der Waals surface area contributed by atoms with Gasteiger partial charge >= 0.3 is 0 Å². The van der Waals surface area contributed by atoms with Crippen LogP contribution in [0.25, 0.3) is 0 Å². The van der Waals surface area contributed by atoms with E-state index in [0.29, 0.717) is 12.3 Å². The smallest absolute Gasteiger partial charge is 0.231 e. The maximum atomic E-state index is 12.6. The summed E-state index contributed by atoms with van der Waals surface area (Å²) in [7, 11) is 1.61. The maximum absolute atomic E-state index is 12.6. The van der Waals surface area contributed by atoms with Crippen molar-refractivity contribution in [2.45, 2.75) is 13.3 Å². The Labute approximate surface area is 132 Å². The van der Waals surface area contributed by atoms with Gasteiger partial charge in [-0.15, -0.1) is 0 Å². The van der Waals surface area contributed by atoms with Crippen molar-refractivity contribution < 1.29 is 9.53 Å². The molecule has 21 heavy (non-hydrogen) atoms. The first-order valence-corrected chi connectivity index (χ1v) is 7.47.